The molecule has 1 unspecified atom stereocenters. The third-order valence-corrected chi connectivity index (χ3v) is 8.02. The molecule has 44 heavy (non-hydrogen) atoms. The smallest absolute Gasteiger partial charge is 0.338 e. The number of nitro benzene ring substituents is 1. The van der Waals surface area contributed by atoms with Crippen molar-refractivity contribution in [3.63, 3.8) is 0 Å². The van der Waals surface area contributed by atoms with Crippen molar-refractivity contribution < 1.29 is 23.9 Å². The molecule has 0 spiro atoms. The summed E-state index contributed by atoms with van der Waals surface area (Å²) in [5.41, 5.74) is 2.48. The third-order valence-electron chi connectivity index (χ3n) is 6.79. The molecule has 1 aliphatic heterocycles. The minimum absolute atomic E-state index is 0.000498. The Morgan fingerprint density at radius 1 is 1.14 bits per heavy atom. The maximum Gasteiger partial charge on any atom is 0.338 e. The molecule has 0 bridgehead atoms. The van der Waals surface area contributed by atoms with E-state index in [-0.39, 0.29) is 30.0 Å². The number of non-ortho nitro benzene ring substituents is 1. The van der Waals surface area contributed by atoms with Crippen LogP contribution in [-0.2, 0) is 16.1 Å². The summed E-state index contributed by atoms with van der Waals surface area (Å²) in [6.07, 6.45) is 3.20. The van der Waals surface area contributed by atoms with Gasteiger partial charge in [0, 0.05) is 17.2 Å². The predicted molar refractivity (Wildman–Crippen MR) is 167 cm³/mol. The van der Waals surface area contributed by atoms with E-state index in [2.05, 4.69) is 11.6 Å². The summed E-state index contributed by atoms with van der Waals surface area (Å²) < 4.78 is 18.7. The Morgan fingerprint density at radius 2 is 1.86 bits per heavy atom. The number of ether oxygens (including phenoxy) is 3. The van der Waals surface area contributed by atoms with Gasteiger partial charge in [0.25, 0.3) is 11.2 Å². The van der Waals surface area contributed by atoms with E-state index < -0.39 is 16.9 Å². The second kappa shape index (κ2) is 13.1. The fraction of sp³-hybridized carbons (Fsp3) is 0.156. The van der Waals surface area contributed by atoms with Gasteiger partial charge in [-0.15, -0.1) is 0 Å². The Hall–Kier alpha value is -5.00. The Balaban J connectivity index is 1.50. The quantitative estimate of drug-likeness (QED) is 0.103. The molecule has 0 fully saturated rings. The Bertz CT molecular complexity index is 1960. The number of rotatable bonds is 10. The summed E-state index contributed by atoms with van der Waals surface area (Å²) >= 11 is 7.33. The Morgan fingerprint density at radius 3 is 2.52 bits per heavy atom. The fourth-order valence-corrected chi connectivity index (χ4v) is 5.85. The summed E-state index contributed by atoms with van der Waals surface area (Å²) in [5.74, 6) is 0.315. The van der Waals surface area contributed by atoms with Crippen molar-refractivity contribution in [2.75, 3.05) is 13.7 Å². The lowest BCUT2D eigenvalue weighted by Crippen LogP contribution is -2.39. The van der Waals surface area contributed by atoms with Crippen molar-refractivity contribution in [3.8, 4) is 11.5 Å². The number of hydrogen-bond acceptors (Lipinski definition) is 9. The minimum Gasteiger partial charge on any atom is -0.493 e. The zero-order valence-corrected chi connectivity index (χ0v) is 25.3. The summed E-state index contributed by atoms with van der Waals surface area (Å²) in [6, 6.07) is 17.5. The van der Waals surface area contributed by atoms with Gasteiger partial charge in [0.15, 0.2) is 16.3 Å². The van der Waals surface area contributed by atoms with Gasteiger partial charge in [0.05, 0.1) is 33.9 Å². The number of nitro groups is 1. The molecule has 1 aliphatic rings. The number of aromatic nitrogens is 1. The van der Waals surface area contributed by atoms with E-state index in [4.69, 9.17) is 25.8 Å². The molecular weight excluding hydrogens is 606 g/mol. The maximum absolute atomic E-state index is 13.9. The lowest BCUT2D eigenvalue weighted by atomic mass is 9.96. The van der Waals surface area contributed by atoms with Gasteiger partial charge in [0.1, 0.15) is 13.2 Å². The van der Waals surface area contributed by atoms with E-state index in [1.54, 1.807) is 67.6 Å². The SMILES string of the molecule is C=CCOC(=O)C1=C(C)N=c2sc(=Cc3ccc(OCc4ccc([N+](=O)[O-])cc4)c(OC)c3)c(=O)n2C1c1ccc(Cl)cc1. The molecule has 1 atom stereocenters. The number of hydrogen-bond donors (Lipinski definition) is 0. The topological polar surface area (TPSA) is 122 Å². The third kappa shape index (κ3) is 6.34. The number of halogens is 1. The lowest BCUT2D eigenvalue weighted by molar-refractivity contribution is -0.384. The molecule has 3 aromatic carbocycles. The standard InChI is InChI=1S/C32H26ClN3O7S/c1-4-15-42-31(38)28-19(2)34-32-35(29(28)22-8-10-23(33)11-9-22)30(37)27(44-32)17-21-7-14-25(26(16-21)41-3)43-18-20-5-12-24(13-6-20)36(39)40/h4-14,16-17,29H,1,15,18H2,2-3H3. The van der Waals surface area contributed by atoms with Gasteiger partial charge in [-0.3, -0.25) is 19.5 Å². The van der Waals surface area contributed by atoms with Gasteiger partial charge >= 0.3 is 5.97 Å². The van der Waals surface area contributed by atoms with E-state index in [1.807, 2.05) is 0 Å². The molecule has 0 saturated heterocycles. The van der Waals surface area contributed by atoms with Crippen LogP contribution in [0.4, 0.5) is 5.69 Å². The van der Waals surface area contributed by atoms with Crippen molar-refractivity contribution >= 4 is 40.7 Å². The fourth-order valence-electron chi connectivity index (χ4n) is 4.68. The van der Waals surface area contributed by atoms with Crippen LogP contribution >= 0.6 is 22.9 Å². The number of carbonyl (C=O) groups excluding carboxylic acids is 1. The first-order valence-corrected chi connectivity index (χ1v) is 14.5. The molecule has 4 aromatic rings. The van der Waals surface area contributed by atoms with E-state index in [0.29, 0.717) is 42.7 Å². The molecule has 1 aromatic heterocycles. The highest BCUT2D eigenvalue weighted by Crippen LogP contribution is 2.32. The van der Waals surface area contributed by atoms with Crippen LogP contribution in [-0.4, -0.2) is 29.2 Å². The Labute approximate surface area is 260 Å². The van der Waals surface area contributed by atoms with Crippen molar-refractivity contribution in [1.82, 2.24) is 4.57 Å². The van der Waals surface area contributed by atoms with Gasteiger partial charge in [-0.05, 0) is 66.1 Å². The van der Waals surface area contributed by atoms with Crippen LogP contribution in [0.2, 0.25) is 5.02 Å². The average molecular weight is 632 g/mol. The molecule has 0 radical (unpaired) electrons. The summed E-state index contributed by atoms with van der Waals surface area (Å²) in [5, 5.41) is 11.4. The van der Waals surface area contributed by atoms with Crippen molar-refractivity contribution in [2.24, 2.45) is 4.99 Å². The lowest BCUT2D eigenvalue weighted by Gasteiger charge is -2.24. The van der Waals surface area contributed by atoms with Crippen LogP contribution in [0.5, 0.6) is 11.5 Å². The normalized spacial score (nSPS) is 14.4. The molecule has 0 N–H and O–H groups in total. The number of allylic oxidation sites excluding steroid dienone is 1. The van der Waals surface area contributed by atoms with Gasteiger partial charge in [-0.25, -0.2) is 9.79 Å². The van der Waals surface area contributed by atoms with Crippen molar-refractivity contribution in [3.05, 3.63) is 142 Å². The number of methoxy groups -OCH3 is 1. The Kier molecular flexibility index (Phi) is 9.07. The number of nitrogens with zero attached hydrogens (tertiary/aromatic N) is 3. The highest BCUT2D eigenvalue weighted by Gasteiger charge is 2.33. The second-order valence-corrected chi connectivity index (χ2v) is 11.1. The summed E-state index contributed by atoms with van der Waals surface area (Å²) in [4.78, 5) is 42.5. The first-order chi connectivity index (χ1) is 21.2. The van der Waals surface area contributed by atoms with Crippen LogP contribution in [0.15, 0.2) is 100 Å². The van der Waals surface area contributed by atoms with E-state index >= 15 is 0 Å². The highest BCUT2D eigenvalue weighted by atomic mass is 35.5. The summed E-state index contributed by atoms with van der Waals surface area (Å²) in [7, 11) is 1.51. The van der Waals surface area contributed by atoms with Gasteiger partial charge in [0.2, 0.25) is 0 Å². The zero-order chi connectivity index (χ0) is 31.4. The first-order valence-electron chi connectivity index (χ1n) is 13.3. The molecular formula is C32H26ClN3O7S. The van der Waals surface area contributed by atoms with Crippen molar-refractivity contribution in [1.29, 1.82) is 0 Å². The van der Waals surface area contributed by atoms with E-state index in [9.17, 15) is 19.7 Å². The maximum atomic E-state index is 13.9. The molecule has 0 amide bonds. The van der Waals surface area contributed by atoms with Crippen molar-refractivity contribution in [2.45, 2.75) is 19.6 Å². The van der Waals surface area contributed by atoms with Gasteiger partial charge in [-0.1, -0.05) is 53.8 Å². The molecule has 0 aliphatic carbocycles. The molecule has 5 rings (SSSR count). The molecule has 12 heteroatoms. The minimum atomic E-state index is -0.771. The number of fused-ring (bicyclic) bond motifs is 1. The van der Waals surface area contributed by atoms with Gasteiger partial charge < -0.3 is 14.2 Å². The molecule has 10 nitrogen and oxygen atoms in total. The average Bonchev–Trinajstić information content (AvgIpc) is 3.32. The first kappa shape index (κ1) is 30.5. The monoisotopic (exact) mass is 631 g/mol. The van der Waals surface area contributed by atoms with Crippen LogP contribution in [0, 0.1) is 10.1 Å². The molecule has 2 heterocycles. The summed E-state index contributed by atoms with van der Waals surface area (Å²) in [6.45, 7) is 5.50. The van der Waals surface area contributed by atoms with E-state index in [1.165, 1.54) is 41.2 Å². The van der Waals surface area contributed by atoms with Crippen LogP contribution in [0.1, 0.15) is 29.7 Å². The van der Waals surface area contributed by atoms with E-state index in [0.717, 1.165) is 5.56 Å². The zero-order valence-electron chi connectivity index (χ0n) is 23.7. The van der Waals surface area contributed by atoms with Crippen LogP contribution in [0.3, 0.4) is 0 Å². The molecule has 224 valence electrons. The number of esters is 1. The molecule has 0 saturated carbocycles. The predicted octanol–water partition coefficient (Wildman–Crippen LogP) is 5.11. The number of carbonyl (C=O) groups is 1. The largest absolute Gasteiger partial charge is 0.493 e. The van der Waals surface area contributed by atoms with Crippen LogP contribution in [0.25, 0.3) is 6.08 Å². The van der Waals surface area contributed by atoms with Crippen LogP contribution < -0.4 is 24.4 Å². The highest BCUT2D eigenvalue weighted by molar-refractivity contribution is 7.07. The number of benzene rings is 3. The second-order valence-electron chi connectivity index (χ2n) is 9.64. The number of thiazole rings is 1. The van der Waals surface area contributed by atoms with Gasteiger partial charge in [-0.2, -0.15) is 0 Å².